The molecule has 0 saturated carbocycles. The molecule has 6 nitrogen and oxygen atoms in total. The Hall–Kier alpha value is -3.51. The average Bonchev–Trinajstić information content (AvgIpc) is 2.76. The number of aryl methyl sites for hydroxylation is 1. The maximum atomic E-state index is 12.9. The Labute approximate surface area is 176 Å². The lowest BCUT2D eigenvalue weighted by molar-refractivity contribution is 0.102. The molecule has 3 N–H and O–H groups in total. The molecule has 1 heterocycles. The predicted octanol–water partition coefficient (Wildman–Crippen LogP) is 4.53. The van der Waals surface area contributed by atoms with Gasteiger partial charge in [-0.3, -0.25) is 4.79 Å². The Morgan fingerprint density at radius 3 is 2.53 bits per heavy atom. The number of hydrogen-bond donors (Lipinski definition) is 3. The van der Waals surface area contributed by atoms with E-state index in [4.69, 9.17) is 4.74 Å². The van der Waals surface area contributed by atoms with Crippen LogP contribution >= 0.6 is 0 Å². The summed E-state index contributed by atoms with van der Waals surface area (Å²) < 4.78 is 5.41. The maximum Gasteiger partial charge on any atom is 0.255 e. The van der Waals surface area contributed by atoms with Crippen LogP contribution in [0.3, 0.4) is 0 Å². The molecule has 0 unspecified atom stereocenters. The molecule has 6 heteroatoms. The Kier molecular flexibility index (Phi) is 5.86. The van der Waals surface area contributed by atoms with Gasteiger partial charge >= 0.3 is 0 Å². The average molecular weight is 403 g/mol. The van der Waals surface area contributed by atoms with Crippen LogP contribution in [0.15, 0.2) is 66.7 Å². The number of ether oxygens (including phenoxy) is 1. The molecule has 4 rings (SSSR count). The van der Waals surface area contributed by atoms with E-state index >= 15 is 0 Å². The SMILES string of the molecule is Cc1ccc(C(=O)Nc2cccc(N3CCOCC3)c2)cc1Nc1cccc(O)c1. The van der Waals surface area contributed by atoms with Gasteiger partial charge in [-0.25, -0.2) is 0 Å². The minimum absolute atomic E-state index is 0.173. The van der Waals surface area contributed by atoms with Gasteiger partial charge in [0.05, 0.1) is 13.2 Å². The van der Waals surface area contributed by atoms with Gasteiger partial charge in [-0.2, -0.15) is 0 Å². The molecule has 1 fully saturated rings. The molecule has 154 valence electrons. The monoisotopic (exact) mass is 403 g/mol. The van der Waals surface area contributed by atoms with Gasteiger partial charge in [-0.15, -0.1) is 0 Å². The fourth-order valence-corrected chi connectivity index (χ4v) is 3.44. The van der Waals surface area contributed by atoms with E-state index in [0.29, 0.717) is 5.56 Å². The van der Waals surface area contributed by atoms with Crippen LogP contribution in [0.25, 0.3) is 0 Å². The Bertz CT molecular complexity index is 1050. The van der Waals surface area contributed by atoms with Crippen molar-refractivity contribution in [3.05, 3.63) is 77.9 Å². The van der Waals surface area contributed by atoms with E-state index in [0.717, 1.165) is 54.6 Å². The number of hydrogen-bond acceptors (Lipinski definition) is 5. The lowest BCUT2D eigenvalue weighted by Crippen LogP contribution is -2.36. The van der Waals surface area contributed by atoms with Crippen molar-refractivity contribution in [2.24, 2.45) is 0 Å². The molecule has 0 bridgehead atoms. The van der Waals surface area contributed by atoms with Crippen LogP contribution in [-0.4, -0.2) is 37.3 Å². The standard InChI is InChI=1S/C24H25N3O3/c1-17-8-9-18(14-23(17)25-20-5-3-7-22(28)16-20)24(29)26-19-4-2-6-21(15-19)27-10-12-30-13-11-27/h2-9,14-16,25,28H,10-13H2,1H3,(H,26,29). The summed E-state index contributed by atoms with van der Waals surface area (Å²) in [5.41, 5.74) is 4.96. The van der Waals surface area contributed by atoms with Crippen molar-refractivity contribution in [2.75, 3.05) is 41.8 Å². The highest BCUT2D eigenvalue weighted by molar-refractivity contribution is 6.05. The number of aromatic hydroxyl groups is 1. The lowest BCUT2D eigenvalue weighted by atomic mass is 10.1. The van der Waals surface area contributed by atoms with Gasteiger partial charge in [0.25, 0.3) is 5.91 Å². The number of phenolic OH excluding ortho intramolecular Hbond substituents is 1. The highest BCUT2D eigenvalue weighted by Gasteiger charge is 2.13. The van der Waals surface area contributed by atoms with Crippen molar-refractivity contribution in [1.29, 1.82) is 0 Å². The number of nitrogens with one attached hydrogen (secondary N) is 2. The van der Waals surface area contributed by atoms with Gasteiger partial charge in [0, 0.05) is 47.5 Å². The Balaban J connectivity index is 1.50. The number of nitrogens with zero attached hydrogens (tertiary/aromatic N) is 1. The topological polar surface area (TPSA) is 73.8 Å². The molecule has 3 aromatic carbocycles. The lowest BCUT2D eigenvalue weighted by Gasteiger charge is -2.29. The number of carbonyl (C=O) groups is 1. The van der Waals surface area contributed by atoms with Crippen LogP contribution in [0.1, 0.15) is 15.9 Å². The van der Waals surface area contributed by atoms with Crippen LogP contribution in [0.4, 0.5) is 22.7 Å². The fraction of sp³-hybridized carbons (Fsp3) is 0.208. The Morgan fingerprint density at radius 2 is 1.73 bits per heavy atom. The number of carbonyl (C=O) groups excluding carboxylic acids is 1. The first kappa shape index (κ1) is 19.8. The van der Waals surface area contributed by atoms with Crippen molar-refractivity contribution in [3.63, 3.8) is 0 Å². The summed E-state index contributed by atoms with van der Waals surface area (Å²) in [4.78, 5) is 15.1. The van der Waals surface area contributed by atoms with E-state index in [1.54, 1.807) is 18.2 Å². The minimum atomic E-state index is -0.173. The molecule has 1 aliphatic rings. The third-order valence-electron chi connectivity index (χ3n) is 5.11. The molecule has 1 amide bonds. The summed E-state index contributed by atoms with van der Waals surface area (Å²) in [6.45, 7) is 5.10. The quantitative estimate of drug-likeness (QED) is 0.584. The molecule has 0 spiro atoms. The van der Waals surface area contributed by atoms with Crippen LogP contribution in [0.5, 0.6) is 5.75 Å². The molecular weight excluding hydrogens is 378 g/mol. The first-order chi connectivity index (χ1) is 14.6. The normalized spacial score (nSPS) is 13.7. The summed E-state index contributed by atoms with van der Waals surface area (Å²) in [5, 5.41) is 15.9. The van der Waals surface area contributed by atoms with E-state index in [1.165, 1.54) is 0 Å². The number of amides is 1. The van der Waals surface area contributed by atoms with Gasteiger partial charge in [0.15, 0.2) is 0 Å². The fourth-order valence-electron chi connectivity index (χ4n) is 3.44. The van der Waals surface area contributed by atoms with Crippen molar-refractivity contribution in [3.8, 4) is 5.75 Å². The smallest absolute Gasteiger partial charge is 0.255 e. The molecular formula is C24H25N3O3. The van der Waals surface area contributed by atoms with Crippen LogP contribution in [-0.2, 0) is 4.74 Å². The van der Waals surface area contributed by atoms with Gasteiger partial charge < -0.3 is 25.4 Å². The van der Waals surface area contributed by atoms with Gasteiger partial charge in [0.2, 0.25) is 0 Å². The number of phenols is 1. The first-order valence-electron chi connectivity index (χ1n) is 9.99. The minimum Gasteiger partial charge on any atom is -0.508 e. The highest BCUT2D eigenvalue weighted by Crippen LogP contribution is 2.25. The van der Waals surface area contributed by atoms with E-state index in [9.17, 15) is 9.90 Å². The largest absolute Gasteiger partial charge is 0.508 e. The van der Waals surface area contributed by atoms with E-state index < -0.39 is 0 Å². The molecule has 1 aliphatic heterocycles. The van der Waals surface area contributed by atoms with Gasteiger partial charge in [0.1, 0.15) is 5.75 Å². The van der Waals surface area contributed by atoms with Crippen molar-refractivity contribution in [1.82, 2.24) is 0 Å². The summed E-state index contributed by atoms with van der Waals surface area (Å²) in [7, 11) is 0. The van der Waals surface area contributed by atoms with Crippen LogP contribution in [0.2, 0.25) is 0 Å². The van der Waals surface area contributed by atoms with Crippen LogP contribution in [0, 0.1) is 6.92 Å². The van der Waals surface area contributed by atoms with E-state index in [1.807, 2.05) is 55.5 Å². The third kappa shape index (κ3) is 4.72. The van der Waals surface area contributed by atoms with Gasteiger partial charge in [-0.1, -0.05) is 18.2 Å². The van der Waals surface area contributed by atoms with Crippen molar-refractivity contribution in [2.45, 2.75) is 6.92 Å². The second-order valence-corrected chi connectivity index (χ2v) is 7.31. The molecule has 0 aliphatic carbocycles. The second-order valence-electron chi connectivity index (χ2n) is 7.31. The molecule has 1 saturated heterocycles. The molecule has 3 aromatic rings. The summed E-state index contributed by atoms with van der Waals surface area (Å²) >= 11 is 0. The summed E-state index contributed by atoms with van der Waals surface area (Å²) in [6, 6.07) is 20.3. The number of benzene rings is 3. The number of anilines is 4. The van der Waals surface area contributed by atoms with Crippen molar-refractivity contribution >= 4 is 28.7 Å². The first-order valence-corrected chi connectivity index (χ1v) is 9.99. The Morgan fingerprint density at radius 1 is 0.967 bits per heavy atom. The molecule has 0 aromatic heterocycles. The van der Waals surface area contributed by atoms with E-state index in [2.05, 4.69) is 15.5 Å². The number of morpholine rings is 1. The third-order valence-corrected chi connectivity index (χ3v) is 5.11. The zero-order valence-corrected chi connectivity index (χ0v) is 16.9. The second kappa shape index (κ2) is 8.88. The van der Waals surface area contributed by atoms with Crippen molar-refractivity contribution < 1.29 is 14.6 Å². The summed E-state index contributed by atoms with van der Waals surface area (Å²) in [6.07, 6.45) is 0. The molecule has 0 atom stereocenters. The number of rotatable bonds is 5. The zero-order chi connectivity index (χ0) is 20.9. The predicted molar refractivity (Wildman–Crippen MR) is 120 cm³/mol. The van der Waals surface area contributed by atoms with Crippen LogP contribution < -0.4 is 15.5 Å². The summed E-state index contributed by atoms with van der Waals surface area (Å²) in [5.74, 6) is 0.0137. The van der Waals surface area contributed by atoms with E-state index in [-0.39, 0.29) is 11.7 Å². The zero-order valence-electron chi connectivity index (χ0n) is 16.9. The van der Waals surface area contributed by atoms with Gasteiger partial charge in [-0.05, 0) is 55.0 Å². The maximum absolute atomic E-state index is 12.9. The highest BCUT2D eigenvalue weighted by atomic mass is 16.5. The molecule has 0 radical (unpaired) electrons. The molecule has 30 heavy (non-hydrogen) atoms.